The van der Waals surface area contributed by atoms with Crippen molar-refractivity contribution in [2.75, 3.05) is 0 Å². The summed E-state index contributed by atoms with van der Waals surface area (Å²) in [6.45, 7) is 6.75. The summed E-state index contributed by atoms with van der Waals surface area (Å²) in [5.41, 5.74) is 2.37. The zero-order valence-corrected chi connectivity index (χ0v) is 18.4. The van der Waals surface area contributed by atoms with Crippen LogP contribution in [-0.2, 0) is 9.53 Å². The number of rotatable bonds is 2. The Bertz CT molecular complexity index is 763. The van der Waals surface area contributed by atoms with Gasteiger partial charge in [-0.25, -0.2) is 0 Å². The summed E-state index contributed by atoms with van der Waals surface area (Å²) in [6.07, 6.45) is 15.8. The molecule has 0 bridgehead atoms. The van der Waals surface area contributed by atoms with Gasteiger partial charge < -0.3 is 4.74 Å². The van der Waals surface area contributed by atoms with E-state index < -0.39 is 0 Å². The van der Waals surface area contributed by atoms with Crippen LogP contribution in [0.1, 0.15) is 90.0 Å². The molecule has 4 aliphatic rings. The van der Waals surface area contributed by atoms with Gasteiger partial charge in [0.1, 0.15) is 6.10 Å². The minimum absolute atomic E-state index is 0.104. The summed E-state index contributed by atoms with van der Waals surface area (Å²) in [5, 5.41) is 0. The predicted octanol–water partition coefficient (Wildman–Crippen LogP) is 6.14. The standard InChI is InChI=1S/C26H37NO2/c1-17(28)29-20-10-12-25(2)19(15-20)6-7-21-23-9-8-22(18-5-4-14-27-16-18)26(23,3)13-11-24(21)25/h4-5,14,16,19-24H,6-13,15H2,1-3H3/t19?,20-,21-,22?,23-,24-,25-,26+/m0/s1. The number of carbonyl (C=O) groups excluding carboxylic acids is 1. The number of carbonyl (C=O) groups is 1. The van der Waals surface area contributed by atoms with E-state index in [1.54, 1.807) is 6.92 Å². The van der Waals surface area contributed by atoms with Crippen LogP contribution in [0.4, 0.5) is 0 Å². The van der Waals surface area contributed by atoms with Crippen molar-refractivity contribution in [1.29, 1.82) is 0 Å². The van der Waals surface area contributed by atoms with E-state index in [1.807, 2.05) is 6.20 Å². The lowest BCUT2D eigenvalue weighted by molar-refractivity contribution is -0.159. The Morgan fingerprint density at radius 2 is 1.83 bits per heavy atom. The molecule has 4 fully saturated rings. The highest BCUT2D eigenvalue weighted by molar-refractivity contribution is 5.66. The number of fused-ring (bicyclic) bond motifs is 5. The Hall–Kier alpha value is -1.38. The third-order valence-electron chi connectivity index (χ3n) is 10.0. The van der Waals surface area contributed by atoms with Gasteiger partial charge in [0.2, 0.25) is 0 Å². The normalized spacial score (nSPS) is 46.3. The molecule has 2 unspecified atom stereocenters. The van der Waals surface area contributed by atoms with Crippen LogP contribution in [0.15, 0.2) is 24.5 Å². The molecule has 3 nitrogen and oxygen atoms in total. The topological polar surface area (TPSA) is 39.2 Å². The third kappa shape index (κ3) is 3.06. The Morgan fingerprint density at radius 3 is 2.59 bits per heavy atom. The number of ether oxygens (including phenoxy) is 1. The van der Waals surface area contributed by atoms with Crippen LogP contribution in [-0.4, -0.2) is 17.1 Å². The number of hydrogen-bond acceptors (Lipinski definition) is 3. The molecule has 0 N–H and O–H groups in total. The molecular weight excluding hydrogens is 358 g/mol. The SMILES string of the molecule is CC(=O)O[C@H]1CC[C@@]2(C)C(CC[C@@H]3[C@@H]2CC[C@]2(C)C(c4cccnc4)CC[C@@H]32)C1. The first-order valence-corrected chi connectivity index (χ1v) is 12.0. The minimum Gasteiger partial charge on any atom is -0.463 e. The molecule has 158 valence electrons. The maximum Gasteiger partial charge on any atom is 0.302 e. The highest BCUT2D eigenvalue weighted by Crippen LogP contribution is 2.69. The van der Waals surface area contributed by atoms with Crippen molar-refractivity contribution in [3.63, 3.8) is 0 Å². The first-order valence-electron chi connectivity index (χ1n) is 12.0. The lowest BCUT2D eigenvalue weighted by atomic mass is 9.44. The molecule has 1 aromatic rings. The molecule has 0 saturated heterocycles. The number of pyridine rings is 1. The maximum atomic E-state index is 11.5. The predicted molar refractivity (Wildman–Crippen MR) is 114 cm³/mol. The Kier molecular flexibility index (Phi) is 4.79. The van der Waals surface area contributed by atoms with Crippen molar-refractivity contribution in [3.05, 3.63) is 30.1 Å². The van der Waals surface area contributed by atoms with Crippen molar-refractivity contribution >= 4 is 5.97 Å². The number of esters is 1. The van der Waals surface area contributed by atoms with E-state index in [-0.39, 0.29) is 12.1 Å². The van der Waals surface area contributed by atoms with E-state index in [1.165, 1.54) is 50.5 Å². The fourth-order valence-corrected chi connectivity index (χ4v) is 8.69. The lowest BCUT2D eigenvalue weighted by Gasteiger charge is -2.61. The fraction of sp³-hybridized carbons (Fsp3) is 0.769. The van der Waals surface area contributed by atoms with E-state index >= 15 is 0 Å². The monoisotopic (exact) mass is 395 g/mol. The molecule has 0 radical (unpaired) electrons. The molecule has 5 rings (SSSR count). The largest absolute Gasteiger partial charge is 0.463 e. The van der Waals surface area contributed by atoms with Crippen molar-refractivity contribution in [2.24, 2.45) is 34.5 Å². The fourth-order valence-electron chi connectivity index (χ4n) is 8.69. The van der Waals surface area contributed by atoms with Gasteiger partial charge in [-0.3, -0.25) is 9.78 Å². The average Bonchev–Trinajstić information content (AvgIpc) is 3.06. The van der Waals surface area contributed by atoms with Crippen LogP contribution in [0.2, 0.25) is 0 Å². The van der Waals surface area contributed by atoms with E-state index in [4.69, 9.17) is 4.74 Å². The Balaban J connectivity index is 1.36. The summed E-state index contributed by atoms with van der Waals surface area (Å²) in [6, 6.07) is 4.43. The average molecular weight is 396 g/mol. The third-order valence-corrected chi connectivity index (χ3v) is 10.0. The van der Waals surface area contributed by atoms with Gasteiger partial charge in [-0.15, -0.1) is 0 Å². The van der Waals surface area contributed by atoms with Crippen molar-refractivity contribution in [1.82, 2.24) is 4.98 Å². The number of nitrogens with zero attached hydrogens (tertiary/aromatic N) is 1. The highest BCUT2D eigenvalue weighted by atomic mass is 16.5. The first kappa shape index (κ1) is 19.6. The number of aromatic nitrogens is 1. The van der Waals surface area contributed by atoms with Gasteiger partial charge in [-0.1, -0.05) is 19.9 Å². The molecule has 0 aliphatic heterocycles. The quantitative estimate of drug-likeness (QED) is 0.565. The summed E-state index contributed by atoms with van der Waals surface area (Å²) in [5.74, 6) is 3.95. The summed E-state index contributed by atoms with van der Waals surface area (Å²) in [7, 11) is 0. The van der Waals surface area contributed by atoms with Crippen LogP contribution in [0, 0.1) is 34.5 Å². The van der Waals surface area contributed by atoms with Crippen molar-refractivity contribution < 1.29 is 9.53 Å². The molecule has 0 amide bonds. The first-order chi connectivity index (χ1) is 13.9. The summed E-state index contributed by atoms with van der Waals surface area (Å²) >= 11 is 0. The van der Waals surface area contributed by atoms with Crippen molar-refractivity contribution in [2.45, 2.75) is 90.6 Å². The van der Waals surface area contributed by atoms with Gasteiger partial charge in [0, 0.05) is 19.3 Å². The van der Waals surface area contributed by atoms with Crippen LogP contribution >= 0.6 is 0 Å². The smallest absolute Gasteiger partial charge is 0.302 e. The molecule has 3 heteroatoms. The second kappa shape index (κ2) is 7.10. The van der Waals surface area contributed by atoms with Gasteiger partial charge in [-0.05, 0) is 110 Å². The van der Waals surface area contributed by atoms with Crippen LogP contribution in [0.3, 0.4) is 0 Å². The van der Waals surface area contributed by atoms with E-state index in [9.17, 15) is 4.79 Å². The molecule has 4 saturated carbocycles. The summed E-state index contributed by atoms with van der Waals surface area (Å²) < 4.78 is 5.62. The molecule has 8 atom stereocenters. The maximum absolute atomic E-state index is 11.5. The highest BCUT2D eigenvalue weighted by Gasteiger charge is 2.60. The molecular formula is C26H37NO2. The molecule has 1 heterocycles. The van der Waals surface area contributed by atoms with E-state index in [0.29, 0.717) is 16.7 Å². The lowest BCUT2D eigenvalue weighted by Crippen LogP contribution is -2.54. The molecule has 29 heavy (non-hydrogen) atoms. The zero-order chi connectivity index (χ0) is 20.2. The van der Waals surface area contributed by atoms with E-state index in [2.05, 4.69) is 37.2 Å². The number of hydrogen-bond donors (Lipinski definition) is 0. The molecule has 1 aromatic heterocycles. The summed E-state index contributed by atoms with van der Waals surface area (Å²) in [4.78, 5) is 15.9. The van der Waals surface area contributed by atoms with Gasteiger partial charge in [0.15, 0.2) is 0 Å². The van der Waals surface area contributed by atoms with Crippen LogP contribution < -0.4 is 0 Å². The van der Waals surface area contributed by atoms with Crippen LogP contribution in [0.25, 0.3) is 0 Å². The van der Waals surface area contributed by atoms with Crippen molar-refractivity contribution in [3.8, 4) is 0 Å². The Labute approximate surface area is 176 Å². The molecule has 4 aliphatic carbocycles. The molecule has 0 aromatic carbocycles. The van der Waals surface area contributed by atoms with Crippen LogP contribution in [0.5, 0.6) is 0 Å². The van der Waals surface area contributed by atoms with E-state index in [0.717, 1.165) is 36.5 Å². The second-order valence-corrected chi connectivity index (χ2v) is 11.1. The van der Waals surface area contributed by atoms with Gasteiger partial charge in [-0.2, -0.15) is 0 Å². The zero-order valence-electron chi connectivity index (χ0n) is 18.4. The minimum atomic E-state index is -0.104. The van der Waals surface area contributed by atoms with Gasteiger partial charge in [0.25, 0.3) is 0 Å². The Morgan fingerprint density at radius 1 is 1.03 bits per heavy atom. The van der Waals surface area contributed by atoms with Gasteiger partial charge in [0.05, 0.1) is 0 Å². The second-order valence-electron chi connectivity index (χ2n) is 11.1. The van der Waals surface area contributed by atoms with Gasteiger partial charge >= 0.3 is 5.97 Å². The molecule has 0 spiro atoms.